The van der Waals surface area contributed by atoms with E-state index in [9.17, 15) is 9.59 Å². The third-order valence-electron chi connectivity index (χ3n) is 4.77. The lowest BCUT2D eigenvalue weighted by atomic mass is 9.96. The molecular weight excluding hydrogens is 389 g/mol. The van der Waals surface area contributed by atoms with E-state index in [2.05, 4.69) is 10.3 Å². The van der Waals surface area contributed by atoms with E-state index in [-0.39, 0.29) is 17.7 Å². The van der Waals surface area contributed by atoms with Crippen molar-refractivity contribution < 1.29 is 14.0 Å². The van der Waals surface area contributed by atoms with Crippen LogP contribution in [0, 0.1) is 5.92 Å². The minimum atomic E-state index is -0.00234. The Morgan fingerprint density at radius 2 is 2.04 bits per heavy atom. The van der Waals surface area contributed by atoms with Gasteiger partial charge in [0.1, 0.15) is 0 Å². The molecule has 0 aliphatic carbocycles. The fourth-order valence-electron chi connectivity index (χ4n) is 3.21. The zero-order chi connectivity index (χ0) is 19.4. The number of benzene rings is 1. The molecule has 2 aromatic rings. The molecule has 3 rings (SSSR count). The second kappa shape index (κ2) is 8.76. The van der Waals surface area contributed by atoms with Crippen molar-refractivity contribution in [2.24, 2.45) is 5.92 Å². The van der Waals surface area contributed by atoms with Crippen molar-refractivity contribution in [2.75, 3.05) is 20.1 Å². The van der Waals surface area contributed by atoms with Crippen molar-refractivity contribution in [1.29, 1.82) is 0 Å². The minimum Gasteiger partial charge on any atom is -0.441 e. The predicted octanol–water partition coefficient (Wildman–Crippen LogP) is 3.57. The Labute approximate surface area is 167 Å². The van der Waals surface area contributed by atoms with Crippen LogP contribution < -0.4 is 5.32 Å². The van der Waals surface area contributed by atoms with Gasteiger partial charge in [-0.2, -0.15) is 0 Å². The van der Waals surface area contributed by atoms with Crippen molar-refractivity contribution in [3.05, 3.63) is 40.3 Å². The van der Waals surface area contributed by atoms with E-state index in [1.54, 1.807) is 36.3 Å². The van der Waals surface area contributed by atoms with E-state index in [0.29, 0.717) is 66.0 Å². The van der Waals surface area contributed by atoms with Gasteiger partial charge in [0.15, 0.2) is 11.7 Å². The predicted molar refractivity (Wildman–Crippen MR) is 104 cm³/mol. The molecule has 27 heavy (non-hydrogen) atoms. The molecule has 0 unspecified atom stereocenters. The normalized spacial score (nSPS) is 15.0. The van der Waals surface area contributed by atoms with Crippen LogP contribution in [0.3, 0.4) is 0 Å². The van der Waals surface area contributed by atoms with Gasteiger partial charge in [-0.1, -0.05) is 23.2 Å². The van der Waals surface area contributed by atoms with Crippen LogP contribution >= 0.6 is 23.2 Å². The highest BCUT2D eigenvalue weighted by atomic mass is 35.5. The summed E-state index contributed by atoms with van der Waals surface area (Å²) in [5, 5.41) is 3.71. The number of carbonyl (C=O) groups excluding carboxylic acids is 2. The maximum Gasteiger partial charge on any atom is 0.223 e. The fourth-order valence-corrected chi connectivity index (χ4v) is 3.71. The molecule has 2 amide bonds. The van der Waals surface area contributed by atoms with Crippen molar-refractivity contribution in [1.82, 2.24) is 15.2 Å². The van der Waals surface area contributed by atoms with Gasteiger partial charge < -0.3 is 14.6 Å². The molecule has 1 aliphatic heterocycles. The first-order valence-electron chi connectivity index (χ1n) is 8.87. The number of aryl methyl sites for hydroxylation is 1. The van der Waals surface area contributed by atoms with E-state index in [1.807, 2.05) is 0 Å². The molecule has 0 bridgehead atoms. The molecule has 1 saturated heterocycles. The lowest BCUT2D eigenvalue weighted by molar-refractivity contribution is -0.135. The molecule has 1 aromatic heterocycles. The molecule has 0 saturated carbocycles. The third-order valence-corrected chi connectivity index (χ3v) is 5.32. The van der Waals surface area contributed by atoms with Crippen molar-refractivity contribution in [3.63, 3.8) is 0 Å². The van der Waals surface area contributed by atoms with Gasteiger partial charge in [-0.05, 0) is 31.0 Å². The molecular formula is C19H21Cl2N3O3. The van der Waals surface area contributed by atoms with Gasteiger partial charge in [0.2, 0.25) is 11.8 Å². The first-order valence-corrected chi connectivity index (χ1v) is 9.63. The number of halogens is 2. The van der Waals surface area contributed by atoms with Crippen LogP contribution in [0.15, 0.2) is 28.8 Å². The number of hydrogen-bond acceptors (Lipinski definition) is 4. The number of rotatable bonds is 5. The Hall–Kier alpha value is -2.05. The lowest BCUT2D eigenvalue weighted by Crippen LogP contribution is -2.42. The molecule has 1 aliphatic rings. The van der Waals surface area contributed by atoms with E-state index in [4.69, 9.17) is 27.6 Å². The Morgan fingerprint density at radius 3 is 2.70 bits per heavy atom. The monoisotopic (exact) mass is 409 g/mol. The van der Waals surface area contributed by atoms with Gasteiger partial charge in [-0.15, -0.1) is 0 Å². The molecule has 1 fully saturated rings. The number of nitrogens with one attached hydrogen (secondary N) is 1. The number of piperidine rings is 1. The Bertz CT molecular complexity index is 829. The summed E-state index contributed by atoms with van der Waals surface area (Å²) in [6, 6.07) is 5.15. The van der Waals surface area contributed by atoms with Gasteiger partial charge in [-0.3, -0.25) is 9.59 Å². The van der Waals surface area contributed by atoms with Crippen LogP contribution in [0.2, 0.25) is 10.0 Å². The summed E-state index contributed by atoms with van der Waals surface area (Å²) in [7, 11) is 1.64. The average Bonchev–Trinajstić information content (AvgIpc) is 3.14. The number of amides is 2. The molecule has 1 N–H and O–H groups in total. The number of nitrogens with zero attached hydrogens (tertiary/aromatic N) is 2. The van der Waals surface area contributed by atoms with E-state index < -0.39 is 0 Å². The van der Waals surface area contributed by atoms with Crippen LogP contribution in [0.4, 0.5) is 0 Å². The van der Waals surface area contributed by atoms with E-state index in [0.717, 1.165) is 0 Å². The summed E-state index contributed by atoms with van der Waals surface area (Å²) >= 11 is 12.1. The van der Waals surface area contributed by atoms with Crippen LogP contribution in [-0.4, -0.2) is 41.8 Å². The van der Waals surface area contributed by atoms with Crippen molar-refractivity contribution in [3.8, 4) is 11.3 Å². The zero-order valence-electron chi connectivity index (χ0n) is 15.0. The van der Waals surface area contributed by atoms with Gasteiger partial charge in [0, 0.05) is 49.5 Å². The van der Waals surface area contributed by atoms with Gasteiger partial charge in [0.05, 0.1) is 11.2 Å². The highest BCUT2D eigenvalue weighted by molar-refractivity contribution is 6.36. The summed E-state index contributed by atoms with van der Waals surface area (Å²) in [4.78, 5) is 30.1. The molecule has 6 nitrogen and oxygen atoms in total. The summed E-state index contributed by atoms with van der Waals surface area (Å²) in [6.07, 6.45) is 3.73. The van der Waals surface area contributed by atoms with E-state index in [1.165, 1.54) is 0 Å². The number of oxazole rings is 1. The molecule has 0 radical (unpaired) electrons. The molecule has 8 heteroatoms. The third kappa shape index (κ3) is 4.82. The topological polar surface area (TPSA) is 75.4 Å². The summed E-state index contributed by atoms with van der Waals surface area (Å²) < 4.78 is 5.73. The van der Waals surface area contributed by atoms with Gasteiger partial charge in [-0.25, -0.2) is 4.98 Å². The van der Waals surface area contributed by atoms with E-state index >= 15 is 0 Å². The van der Waals surface area contributed by atoms with Crippen molar-refractivity contribution >= 4 is 35.0 Å². The van der Waals surface area contributed by atoms with Crippen LogP contribution in [0.1, 0.15) is 25.2 Å². The maximum atomic E-state index is 12.4. The average molecular weight is 410 g/mol. The zero-order valence-corrected chi connectivity index (χ0v) is 16.5. The Balaban J connectivity index is 1.53. The first-order chi connectivity index (χ1) is 13.0. The standard InChI is InChI=1S/C19H21Cl2N3O3/c1-22-19(26)12-6-8-24(9-7-12)18(25)5-4-17-23-11-16(27-17)14-3-2-13(20)10-15(14)21/h2-3,10-12H,4-9H2,1H3,(H,22,26). The first kappa shape index (κ1) is 19.7. The number of hydrogen-bond donors (Lipinski definition) is 1. The second-order valence-electron chi connectivity index (χ2n) is 6.51. The smallest absolute Gasteiger partial charge is 0.223 e. The van der Waals surface area contributed by atoms with Gasteiger partial charge >= 0.3 is 0 Å². The van der Waals surface area contributed by atoms with Gasteiger partial charge in [0.25, 0.3) is 0 Å². The van der Waals surface area contributed by atoms with Crippen LogP contribution in [-0.2, 0) is 16.0 Å². The molecule has 0 atom stereocenters. The largest absolute Gasteiger partial charge is 0.441 e. The minimum absolute atomic E-state index is 0.00234. The number of carbonyl (C=O) groups is 2. The summed E-state index contributed by atoms with van der Waals surface area (Å²) in [6.45, 7) is 1.21. The number of likely N-dealkylation sites (tertiary alicyclic amines) is 1. The van der Waals surface area contributed by atoms with Crippen LogP contribution in [0.25, 0.3) is 11.3 Å². The summed E-state index contributed by atoms with van der Waals surface area (Å²) in [5.74, 6) is 1.14. The van der Waals surface area contributed by atoms with Crippen LogP contribution in [0.5, 0.6) is 0 Å². The lowest BCUT2D eigenvalue weighted by Gasteiger charge is -2.31. The Morgan fingerprint density at radius 1 is 1.30 bits per heavy atom. The maximum absolute atomic E-state index is 12.4. The highest BCUT2D eigenvalue weighted by Gasteiger charge is 2.26. The Kier molecular flexibility index (Phi) is 6.39. The highest BCUT2D eigenvalue weighted by Crippen LogP contribution is 2.31. The number of aromatic nitrogens is 1. The molecule has 0 spiro atoms. The summed E-state index contributed by atoms with van der Waals surface area (Å²) in [5.41, 5.74) is 0.711. The molecule has 144 valence electrons. The quantitative estimate of drug-likeness (QED) is 0.818. The SMILES string of the molecule is CNC(=O)C1CCN(C(=O)CCc2ncc(-c3ccc(Cl)cc3Cl)o2)CC1. The molecule has 1 aromatic carbocycles. The second-order valence-corrected chi connectivity index (χ2v) is 7.36. The fraction of sp³-hybridized carbons (Fsp3) is 0.421. The molecule has 2 heterocycles. The van der Waals surface area contributed by atoms with Crippen molar-refractivity contribution in [2.45, 2.75) is 25.7 Å².